The van der Waals surface area contributed by atoms with Gasteiger partial charge in [0, 0.05) is 24.1 Å². The van der Waals surface area contributed by atoms with E-state index in [-0.39, 0.29) is 23.1 Å². The molecule has 3 aromatic rings. The number of rotatable bonds is 11. The van der Waals surface area contributed by atoms with Crippen molar-refractivity contribution in [2.75, 3.05) is 32.1 Å². The molecule has 0 saturated heterocycles. The summed E-state index contributed by atoms with van der Waals surface area (Å²) in [4.78, 5) is 27.9. The smallest absolute Gasteiger partial charge is 0.264 e. The van der Waals surface area contributed by atoms with E-state index in [9.17, 15) is 18.0 Å². The van der Waals surface area contributed by atoms with Gasteiger partial charge in [0.25, 0.3) is 10.0 Å². The Morgan fingerprint density at radius 3 is 2.17 bits per heavy atom. The Balaban J connectivity index is 2.11. The Hall–Kier alpha value is -3.57. The fourth-order valence-electron chi connectivity index (χ4n) is 4.35. The summed E-state index contributed by atoms with van der Waals surface area (Å²) < 4.78 is 40.7. The molecule has 3 aromatic carbocycles. The molecule has 0 aliphatic rings. The van der Waals surface area contributed by atoms with Crippen molar-refractivity contribution in [2.45, 2.75) is 38.3 Å². The molecule has 0 bridgehead atoms. The third-order valence-electron chi connectivity index (χ3n) is 6.37. The lowest BCUT2D eigenvalue weighted by Crippen LogP contribution is -2.50. The highest BCUT2D eigenvalue weighted by Crippen LogP contribution is 2.33. The predicted molar refractivity (Wildman–Crippen MR) is 158 cm³/mol. The van der Waals surface area contributed by atoms with E-state index < -0.39 is 28.5 Å². The van der Waals surface area contributed by atoms with Gasteiger partial charge in [-0.3, -0.25) is 13.9 Å². The number of anilines is 1. The average molecular weight is 633 g/mol. The summed E-state index contributed by atoms with van der Waals surface area (Å²) in [6.07, 6.45) is 0. The summed E-state index contributed by atoms with van der Waals surface area (Å²) in [5, 5.41) is 2.58. The summed E-state index contributed by atoms with van der Waals surface area (Å²) in [5.41, 5.74) is 2.77. The van der Waals surface area contributed by atoms with Crippen molar-refractivity contribution < 1.29 is 27.5 Å². The minimum atomic E-state index is -4.26. The van der Waals surface area contributed by atoms with E-state index in [2.05, 4.69) is 21.2 Å². The Morgan fingerprint density at radius 1 is 0.950 bits per heavy atom. The van der Waals surface area contributed by atoms with Crippen molar-refractivity contribution in [1.82, 2.24) is 10.2 Å². The van der Waals surface area contributed by atoms with Crippen molar-refractivity contribution in [3.63, 3.8) is 0 Å². The second-order valence-electron chi connectivity index (χ2n) is 9.32. The highest BCUT2D eigenvalue weighted by Gasteiger charge is 2.33. The molecular formula is C29H34BrN3O6S. The highest BCUT2D eigenvalue weighted by molar-refractivity contribution is 9.10. The van der Waals surface area contributed by atoms with Gasteiger partial charge in [-0.15, -0.1) is 0 Å². The zero-order valence-corrected chi connectivity index (χ0v) is 25.8. The van der Waals surface area contributed by atoms with Gasteiger partial charge in [-0.05, 0) is 73.9 Å². The molecule has 1 N–H and O–H groups in total. The number of nitrogens with zero attached hydrogens (tertiary/aromatic N) is 2. The van der Waals surface area contributed by atoms with Gasteiger partial charge in [0.2, 0.25) is 11.8 Å². The van der Waals surface area contributed by atoms with Crippen LogP contribution >= 0.6 is 15.9 Å². The maximum absolute atomic E-state index is 14.1. The number of halogens is 1. The quantitative estimate of drug-likeness (QED) is 0.335. The number of hydrogen-bond donors (Lipinski definition) is 1. The van der Waals surface area contributed by atoms with Crippen LogP contribution < -0.4 is 19.1 Å². The fourth-order valence-corrected chi connectivity index (χ4v) is 6.21. The molecule has 1 atom stereocenters. The molecule has 0 fully saturated rings. The van der Waals surface area contributed by atoms with Crippen LogP contribution in [0.25, 0.3) is 0 Å². The van der Waals surface area contributed by atoms with Crippen LogP contribution in [0.1, 0.15) is 23.6 Å². The molecule has 0 heterocycles. The average Bonchev–Trinajstić information content (AvgIpc) is 2.92. The van der Waals surface area contributed by atoms with Gasteiger partial charge in [-0.2, -0.15) is 0 Å². The molecule has 11 heteroatoms. The zero-order valence-electron chi connectivity index (χ0n) is 23.4. The molecule has 0 aliphatic carbocycles. The third kappa shape index (κ3) is 7.14. The molecule has 0 unspecified atom stereocenters. The van der Waals surface area contributed by atoms with Crippen LogP contribution in [-0.4, -0.2) is 59.0 Å². The Morgan fingerprint density at radius 2 is 1.60 bits per heavy atom. The molecule has 0 saturated carbocycles. The second-order valence-corrected chi connectivity index (χ2v) is 12.1. The van der Waals surface area contributed by atoms with E-state index >= 15 is 0 Å². The van der Waals surface area contributed by atoms with Gasteiger partial charge in [0.15, 0.2) is 11.5 Å². The molecule has 3 rings (SSSR count). The van der Waals surface area contributed by atoms with Crippen LogP contribution in [-0.2, 0) is 26.2 Å². The second kappa shape index (κ2) is 13.2. The zero-order chi connectivity index (χ0) is 29.6. The summed E-state index contributed by atoms with van der Waals surface area (Å²) in [6, 6.07) is 16.1. The molecule has 0 spiro atoms. The summed E-state index contributed by atoms with van der Waals surface area (Å²) >= 11 is 3.44. The number of likely N-dealkylation sites (N-methyl/N-ethyl adjacent to an activating group) is 1. The number of hydrogen-bond acceptors (Lipinski definition) is 6. The number of methoxy groups -OCH3 is 2. The standard InChI is InChI=1S/C29H34BrN3O6S/c1-19-12-20(2)14-24(13-19)33(40(36,37)25-10-11-26(38-5)27(16-25)39-6)18-28(34)32(21(3)29(35)31-4)17-22-8-7-9-23(30)15-22/h7-16,21H,17-18H2,1-6H3,(H,31,35)/t21-/m1/s1. The summed E-state index contributed by atoms with van der Waals surface area (Å²) in [5.74, 6) is -0.307. The van der Waals surface area contributed by atoms with E-state index in [1.807, 2.05) is 44.2 Å². The number of ether oxygens (including phenoxy) is 2. The first-order valence-corrected chi connectivity index (χ1v) is 14.7. The highest BCUT2D eigenvalue weighted by atomic mass is 79.9. The minimum Gasteiger partial charge on any atom is -0.493 e. The molecule has 2 amide bonds. The van der Waals surface area contributed by atoms with Crippen LogP contribution in [0.5, 0.6) is 11.5 Å². The van der Waals surface area contributed by atoms with Crippen LogP contribution in [0.2, 0.25) is 0 Å². The Kier molecular flexibility index (Phi) is 10.2. The summed E-state index contributed by atoms with van der Waals surface area (Å²) in [6.45, 7) is 4.89. The SMILES string of the molecule is CNC(=O)[C@@H](C)N(Cc1cccc(Br)c1)C(=O)CN(c1cc(C)cc(C)c1)S(=O)(=O)c1ccc(OC)c(OC)c1. The lowest BCUT2D eigenvalue weighted by molar-refractivity contribution is -0.139. The maximum Gasteiger partial charge on any atom is 0.264 e. The first kappa shape index (κ1) is 31.0. The summed E-state index contributed by atoms with van der Waals surface area (Å²) in [7, 11) is 0.102. The fraction of sp³-hybridized carbons (Fsp3) is 0.310. The van der Waals surface area contributed by atoms with E-state index in [0.29, 0.717) is 11.4 Å². The van der Waals surface area contributed by atoms with Crippen molar-refractivity contribution in [2.24, 2.45) is 0 Å². The van der Waals surface area contributed by atoms with Gasteiger partial charge in [-0.25, -0.2) is 8.42 Å². The molecule has 0 radical (unpaired) electrons. The van der Waals surface area contributed by atoms with Crippen LogP contribution in [0.15, 0.2) is 70.0 Å². The van der Waals surface area contributed by atoms with Crippen molar-refractivity contribution in [1.29, 1.82) is 0 Å². The lowest BCUT2D eigenvalue weighted by atomic mass is 10.1. The number of aryl methyl sites for hydroxylation is 2. The first-order chi connectivity index (χ1) is 18.9. The maximum atomic E-state index is 14.1. The van der Waals surface area contributed by atoms with Crippen LogP contribution in [0.3, 0.4) is 0 Å². The monoisotopic (exact) mass is 631 g/mol. The number of carbonyl (C=O) groups excluding carboxylic acids is 2. The third-order valence-corrected chi connectivity index (χ3v) is 8.64. The lowest BCUT2D eigenvalue weighted by Gasteiger charge is -2.32. The van der Waals surface area contributed by atoms with Crippen molar-refractivity contribution in [3.05, 3.63) is 81.8 Å². The number of benzene rings is 3. The van der Waals surface area contributed by atoms with Crippen LogP contribution in [0.4, 0.5) is 5.69 Å². The number of carbonyl (C=O) groups is 2. The van der Waals surface area contributed by atoms with E-state index in [1.54, 1.807) is 19.1 Å². The number of sulfonamides is 1. The Labute approximate surface area is 244 Å². The molecule has 0 aromatic heterocycles. The largest absolute Gasteiger partial charge is 0.493 e. The minimum absolute atomic E-state index is 0.0741. The van der Waals surface area contributed by atoms with Gasteiger partial charge in [-0.1, -0.05) is 34.1 Å². The van der Waals surface area contributed by atoms with E-state index in [4.69, 9.17) is 9.47 Å². The molecule has 0 aliphatic heterocycles. The first-order valence-electron chi connectivity index (χ1n) is 12.5. The van der Waals surface area contributed by atoms with Gasteiger partial charge in [0.05, 0.1) is 24.8 Å². The number of nitrogens with one attached hydrogen (secondary N) is 1. The molecule has 9 nitrogen and oxygen atoms in total. The predicted octanol–water partition coefficient (Wildman–Crippen LogP) is 4.44. The number of amides is 2. The van der Waals surface area contributed by atoms with E-state index in [0.717, 1.165) is 25.5 Å². The van der Waals surface area contributed by atoms with Gasteiger partial charge >= 0.3 is 0 Å². The van der Waals surface area contributed by atoms with E-state index in [1.165, 1.54) is 44.4 Å². The van der Waals surface area contributed by atoms with Gasteiger partial charge in [0.1, 0.15) is 12.6 Å². The normalized spacial score (nSPS) is 11.9. The van der Waals surface area contributed by atoms with Crippen molar-refractivity contribution >= 4 is 43.5 Å². The van der Waals surface area contributed by atoms with Crippen molar-refractivity contribution in [3.8, 4) is 11.5 Å². The Bertz CT molecular complexity index is 1470. The molecule has 214 valence electrons. The topological polar surface area (TPSA) is 105 Å². The molecular weight excluding hydrogens is 598 g/mol. The molecule has 40 heavy (non-hydrogen) atoms. The van der Waals surface area contributed by atoms with Gasteiger partial charge < -0.3 is 19.7 Å². The van der Waals surface area contributed by atoms with Crippen LogP contribution in [0, 0.1) is 13.8 Å².